The molecule has 0 aromatic carbocycles. The van der Waals surface area contributed by atoms with Gasteiger partial charge in [-0.15, -0.1) is 34.0 Å². The molecule has 0 amide bonds. The third kappa shape index (κ3) is 3.37. The van der Waals surface area contributed by atoms with Crippen molar-refractivity contribution in [1.82, 2.24) is 0 Å². The van der Waals surface area contributed by atoms with E-state index in [1.165, 1.54) is 16.0 Å². The van der Waals surface area contributed by atoms with Gasteiger partial charge in [-0.05, 0) is 48.9 Å². The third-order valence-electron chi connectivity index (χ3n) is 9.83. The SMILES string of the molecule is CC1(C)c2cc(N=C3C(=O)C4CCCCC4C3=O)sc2-c2sc3cc(N=C4C(=O)C5CCCCC5C4=O)sc3c21. The minimum atomic E-state index is -0.279. The third-order valence-corrected chi connectivity index (χ3v) is 13.3. The van der Waals surface area contributed by atoms with Crippen LogP contribution in [0.4, 0.5) is 10.0 Å². The smallest absolute Gasteiger partial charge is 0.188 e. The number of thiophene rings is 3. The summed E-state index contributed by atoms with van der Waals surface area (Å²) in [5.74, 6) is -0.932. The van der Waals surface area contributed by atoms with Crippen molar-refractivity contribution in [3.8, 4) is 9.75 Å². The van der Waals surface area contributed by atoms with Crippen LogP contribution >= 0.6 is 34.0 Å². The average Bonchev–Trinajstić information content (AvgIpc) is 3.74. The molecule has 0 radical (unpaired) electrons. The fourth-order valence-corrected chi connectivity index (χ4v) is 11.9. The van der Waals surface area contributed by atoms with Gasteiger partial charge in [-0.2, -0.15) is 0 Å². The van der Waals surface area contributed by atoms with E-state index in [9.17, 15) is 19.2 Å². The molecule has 4 saturated carbocycles. The highest BCUT2D eigenvalue weighted by atomic mass is 32.1. The summed E-state index contributed by atoms with van der Waals surface area (Å²) >= 11 is 4.82. The standard InChI is InChI=1S/C31H28N2O4S3/c1-31(2)17-11-19(32-22-24(34)13-7-3-4-8-14(13)25(22)35)39-28(17)30-21(31)29-18(38-30)12-20(40-29)33-23-26(36)15-9-5-6-10-16(15)27(23)37/h11-16H,3-10H2,1-2H3. The Morgan fingerprint density at radius 1 is 0.650 bits per heavy atom. The van der Waals surface area contributed by atoms with Gasteiger partial charge in [0, 0.05) is 33.8 Å². The number of fused-ring (bicyclic) bond motifs is 7. The van der Waals surface area contributed by atoms with Crippen LogP contribution < -0.4 is 0 Å². The van der Waals surface area contributed by atoms with Gasteiger partial charge in [-0.3, -0.25) is 19.2 Å². The van der Waals surface area contributed by atoms with Crippen molar-refractivity contribution >= 4 is 88.0 Å². The molecule has 4 fully saturated rings. The molecule has 3 heterocycles. The number of aliphatic imine (C=N–C) groups is 2. The molecule has 9 heteroatoms. The van der Waals surface area contributed by atoms with Gasteiger partial charge in [0.1, 0.15) is 10.0 Å². The van der Waals surface area contributed by atoms with Crippen LogP contribution in [0, 0.1) is 23.7 Å². The lowest BCUT2D eigenvalue weighted by Gasteiger charge is -2.20. The van der Waals surface area contributed by atoms with Crippen LogP contribution in [0.5, 0.6) is 0 Å². The summed E-state index contributed by atoms with van der Waals surface area (Å²) < 4.78 is 2.26. The lowest BCUT2D eigenvalue weighted by atomic mass is 9.81. The summed E-state index contributed by atoms with van der Waals surface area (Å²) in [7, 11) is 0. The molecule has 5 aliphatic rings. The molecule has 0 N–H and O–H groups in total. The summed E-state index contributed by atoms with van der Waals surface area (Å²) in [5, 5.41) is 1.44. The van der Waals surface area contributed by atoms with E-state index >= 15 is 0 Å². The second-order valence-electron chi connectivity index (χ2n) is 12.4. The topological polar surface area (TPSA) is 93.0 Å². The Kier molecular flexibility index (Phi) is 5.46. The van der Waals surface area contributed by atoms with Crippen molar-refractivity contribution in [2.75, 3.05) is 0 Å². The van der Waals surface area contributed by atoms with Gasteiger partial charge >= 0.3 is 0 Å². The zero-order valence-electron chi connectivity index (χ0n) is 22.4. The van der Waals surface area contributed by atoms with Crippen LogP contribution in [0.25, 0.3) is 19.2 Å². The Morgan fingerprint density at radius 3 is 1.62 bits per heavy atom. The van der Waals surface area contributed by atoms with Crippen LogP contribution in [0.3, 0.4) is 0 Å². The largest absolute Gasteiger partial charge is 0.292 e. The Morgan fingerprint density at radius 2 is 1.12 bits per heavy atom. The molecule has 0 aliphatic heterocycles. The second-order valence-corrected chi connectivity index (χ2v) is 15.5. The molecule has 3 aromatic rings. The van der Waals surface area contributed by atoms with Gasteiger partial charge < -0.3 is 0 Å². The Balaban J connectivity index is 1.15. The monoisotopic (exact) mass is 588 g/mol. The van der Waals surface area contributed by atoms with Gasteiger partial charge in [-0.1, -0.05) is 39.5 Å². The number of carbonyl (C=O) groups excluding carboxylic acids is 4. The van der Waals surface area contributed by atoms with Crippen LogP contribution in [0.15, 0.2) is 22.1 Å². The molecule has 0 spiro atoms. The maximum atomic E-state index is 13.0. The molecule has 0 bridgehead atoms. The molecule has 4 atom stereocenters. The fourth-order valence-electron chi connectivity index (χ4n) is 7.76. The molecule has 204 valence electrons. The molecule has 6 nitrogen and oxygen atoms in total. The van der Waals surface area contributed by atoms with E-state index in [1.807, 2.05) is 6.07 Å². The van der Waals surface area contributed by atoms with Crippen molar-refractivity contribution in [2.45, 2.75) is 70.6 Å². The van der Waals surface area contributed by atoms with Crippen molar-refractivity contribution in [3.05, 3.63) is 23.3 Å². The van der Waals surface area contributed by atoms with Crippen LogP contribution in [-0.2, 0) is 24.6 Å². The molecule has 4 unspecified atom stereocenters. The van der Waals surface area contributed by atoms with E-state index in [0.29, 0.717) is 0 Å². The quantitative estimate of drug-likeness (QED) is 0.312. The number of ketones is 4. The number of hydrogen-bond donors (Lipinski definition) is 0. The number of nitrogens with zero attached hydrogens (tertiary/aromatic N) is 2. The molecular weight excluding hydrogens is 561 g/mol. The number of rotatable bonds is 2. The highest BCUT2D eigenvalue weighted by molar-refractivity contribution is 7.33. The minimum absolute atomic E-state index is 0.0625. The lowest BCUT2D eigenvalue weighted by Crippen LogP contribution is -2.21. The zero-order chi connectivity index (χ0) is 27.5. The summed E-state index contributed by atoms with van der Waals surface area (Å²) in [6.07, 6.45) is 7.24. The molecule has 40 heavy (non-hydrogen) atoms. The van der Waals surface area contributed by atoms with Crippen LogP contribution in [0.1, 0.15) is 76.3 Å². The minimum Gasteiger partial charge on any atom is -0.292 e. The van der Waals surface area contributed by atoms with E-state index in [4.69, 9.17) is 0 Å². The van der Waals surface area contributed by atoms with E-state index < -0.39 is 0 Å². The number of carbonyl (C=O) groups is 4. The maximum absolute atomic E-state index is 13.0. The van der Waals surface area contributed by atoms with E-state index in [1.54, 1.807) is 34.0 Å². The van der Waals surface area contributed by atoms with Crippen molar-refractivity contribution in [3.63, 3.8) is 0 Å². The van der Waals surface area contributed by atoms with Gasteiger partial charge in [0.25, 0.3) is 0 Å². The summed E-state index contributed by atoms with van der Waals surface area (Å²) in [6, 6.07) is 4.07. The first kappa shape index (κ1) is 25.1. The predicted octanol–water partition coefficient (Wildman–Crippen LogP) is 7.39. The lowest BCUT2D eigenvalue weighted by molar-refractivity contribution is -0.120. The summed E-state index contributed by atoms with van der Waals surface area (Å²) in [5.41, 5.74) is 2.45. The van der Waals surface area contributed by atoms with Gasteiger partial charge in [-0.25, -0.2) is 9.98 Å². The normalized spacial score (nSPS) is 28.8. The zero-order valence-corrected chi connectivity index (χ0v) is 24.8. The van der Waals surface area contributed by atoms with Gasteiger partial charge in [0.05, 0.1) is 14.5 Å². The first-order valence-corrected chi connectivity index (χ1v) is 16.7. The van der Waals surface area contributed by atoms with Crippen LogP contribution in [-0.4, -0.2) is 34.6 Å². The predicted molar refractivity (Wildman–Crippen MR) is 160 cm³/mol. The molecule has 0 saturated heterocycles. The summed E-state index contributed by atoms with van der Waals surface area (Å²) in [4.78, 5) is 63.7. The van der Waals surface area contributed by atoms with E-state index in [-0.39, 0.29) is 63.6 Å². The second kappa shape index (κ2) is 8.69. The Hall–Kier alpha value is -2.62. The van der Waals surface area contributed by atoms with Crippen molar-refractivity contribution < 1.29 is 19.2 Å². The number of Topliss-reactive ketones (excluding diaryl/α,β-unsaturated/α-hetero) is 4. The maximum Gasteiger partial charge on any atom is 0.188 e. The molecule has 8 rings (SSSR count). The fraction of sp³-hybridized carbons (Fsp3) is 0.484. The Labute approximate surface area is 243 Å². The Bertz CT molecular complexity index is 1700. The first-order valence-electron chi connectivity index (χ1n) is 14.3. The van der Waals surface area contributed by atoms with Crippen molar-refractivity contribution in [2.24, 2.45) is 33.7 Å². The van der Waals surface area contributed by atoms with Crippen molar-refractivity contribution in [1.29, 1.82) is 0 Å². The number of hydrogen-bond acceptors (Lipinski definition) is 9. The van der Waals surface area contributed by atoms with Gasteiger partial charge in [0.2, 0.25) is 0 Å². The van der Waals surface area contributed by atoms with E-state index in [0.717, 1.165) is 75.6 Å². The molecular formula is C31H28N2O4S3. The van der Waals surface area contributed by atoms with E-state index in [2.05, 4.69) is 29.9 Å². The van der Waals surface area contributed by atoms with Crippen LogP contribution in [0.2, 0.25) is 0 Å². The highest BCUT2D eigenvalue weighted by Gasteiger charge is 2.49. The molecule has 3 aromatic heterocycles. The van der Waals surface area contributed by atoms with Gasteiger partial charge in [0.15, 0.2) is 34.6 Å². The first-order chi connectivity index (χ1) is 19.2. The highest BCUT2D eigenvalue weighted by Crippen LogP contribution is 2.61. The average molecular weight is 589 g/mol. The summed E-state index contributed by atoms with van der Waals surface area (Å²) in [6.45, 7) is 4.40. The molecule has 5 aliphatic carbocycles.